The summed E-state index contributed by atoms with van der Waals surface area (Å²) in [5.74, 6) is 0. The molecule has 0 aliphatic carbocycles. The minimum atomic E-state index is 0.702. The molecule has 0 aromatic carbocycles. The van der Waals surface area contributed by atoms with Crippen molar-refractivity contribution in [1.82, 2.24) is 14.8 Å². The lowest BCUT2D eigenvalue weighted by atomic mass is 10.1. The smallest absolute Gasteiger partial charge is 0.0941 e. The Morgan fingerprint density at radius 2 is 2.14 bits per heavy atom. The van der Waals surface area contributed by atoms with Crippen molar-refractivity contribution in [1.29, 1.82) is 0 Å². The summed E-state index contributed by atoms with van der Waals surface area (Å²) in [6, 6.07) is 1.95. The molecule has 0 atom stereocenters. The van der Waals surface area contributed by atoms with Gasteiger partial charge in [0.2, 0.25) is 0 Å². The van der Waals surface area contributed by atoms with Gasteiger partial charge in [-0.05, 0) is 18.6 Å². The van der Waals surface area contributed by atoms with E-state index in [9.17, 15) is 0 Å². The van der Waals surface area contributed by atoms with Crippen LogP contribution in [0.25, 0.3) is 11.3 Å². The molecule has 0 amide bonds. The van der Waals surface area contributed by atoms with Crippen LogP contribution in [0.2, 0.25) is 0 Å². The molecule has 0 saturated carbocycles. The van der Waals surface area contributed by atoms with Crippen molar-refractivity contribution in [2.45, 2.75) is 6.92 Å². The lowest BCUT2D eigenvalue weighted by Crippen LogP contribution is -1.95. The maximum absolute atomic E-state index is 5.77. The van der Waals surface area contributed by atoms with Gasteiger partial charge in [0, 0.05) is 25.0 Å². The predicted octanol–water partition coefficient (Wildman–Crippen LogP) is 1.37. The van der Waals surface area contributed by atoms with Crippen LogP contribution in [0.3, 0.4) is 0 Å². The number of rotatable bonds is 1. The molecule has 0 saturated heterocycles. The molecule has 0 aliphatic rings. The first kappa shape index (κ1) is 8.74. The van der Waals surface area contributed by atoms with Gasteiger partial charge in [-0.1, -0.05) is 0 Å². The molecule has 0 radical (unpaired) electrons. The van der Waals surface area contributed by atoms with E-state index in [4.69, 9.17) is 5.73 Å². The molecule has 0 unspecified atom stereocenters. The van der Waals surface area contributed by atoms with Crippen molar-refractivity contribution in [3.8, 4) is 11.3 Å². The molecule has 72 valence electrons. The molecule has 0 aliphatic heterocycles. The quantitative estimate of drug-likeness (QED) is 0.735. The van der Waals surface area contributed by atoms with Gasteiger partial charge in [-0.2, -0.15) is 5.10 Å². The van der Waals surface area contributed by atoms with Gasteiger partial charge in [0.15, 0.2) is 0 Å². The number of aryl methyl sites for hydroxylation is 1. The standard InChI is InChI=1S/C10H12N4/c1-7-8(5-12-6-9(7)11)10-3-4-14(2)13-10/h3-6H,11H2,1-2H3. The Kier molecular flexibility index (Phi) is 1.96. The second-order valence-corrected chi connectivity index (χ2v) is 3.28. The molecule has 4 heteroatoms. The first-order valence-corrected chi connectivity index (χ1v) is 4.38. The van der Waals surface area contributed by atoms with Crippen molar-refractivity contribution >= 4 is 5.69 Å². The van der Waals surface area contributed by atoms with E-state index in [0.717, 1.165) is 16.8 Å². The van der Waals surface area contributed by atoms with Crippen LogP contribution in [-0.4, -0.2) is 14.8 Å². The fourth-order valence-electron chi connectivity index (χ4n) is 1.36. The summed E-state index contributed by atoms with van der Waals surface area (Å²) in [7, 11) is 1.89. The van der Waals surface area contributed by atoms with Gasteiger partial charge >= 0.3 is 0 Å². The predicted molar refractivity (Wildman–Crippen MR) is 55.6 cm³/mol. The number of hydrogen-bond acceptors (Lipinski definition) is 3. The molecule has 2 rings (SSSR count). The summed E-state index contributed by atoms with van der Waals surface area (Å²) in [5, 5.41) is 4.30. The first-order chi connectivity index (χ1) is 6.68. The van der Waals surface area contributed by atoms with Crippen LogP contribution >= 0.6 is 0 Å². The second kappa shape index (κ2) is 3.14. The minimum Gasteiger partial charge on any atom is -0.397 e. The lowest BCUT2D eigenvalue weighted by Gasteiger charge is -2.03. The third kappa shape index (κ3) is 1.35. The summed E-state index contributed by atoms with van der Waals surface area (Å²) < 4.78 is 1.76. The van der Waals surface area contributed by atoms with Crippen LogP contribution in [-0.2, 0) is 7.05 Å². The largest absolute Gasteiger partial charge is 0.397 e. The van der Waals surface area contributed by atoms with Gasteiger partial charge < -0.3 is 5.73 Å². The van der Waals surface area contributed by atoms with E-state index < -0.39 is 0 Å². The molecule has 2 N–H and O–H groups in total. The number of anilines is 1. The van der Waals surface area contributed by atoms with Crippen LogP contribution in [0.5, 0.6) is 0 Å². The van der Waals surface area contributed by atoms with Crippen LogP contribution in [0.4, 0.5) is 5.69 Å². The van der Waals surface area contributed by atoms with Crippen LogP contribution in [0.1, 0.15) is 5.56 Å². The van der Waals surface area contributed by atoms with Gasteiger partial charge in [0.05, 0.1) is 17.6 Å². The highest BCUT2D eigenvalue weighted by atomic mass is 15.2. The van der Waals surface area contributed by atoms with Gasteiger partial charge in [-0.15, -0.1) is 0 Å². The van der Waals surface area contributed by atoms with E-state index >= 15 is 0 Å². The van der Waals surface area contributed by atoms with Gasteiger partial charge in [0.25, 0.3) is 0 Å². The highest BCUT2D eigenvalue weighted by Gasteiger charge is 2.06. The van der Waals surface area contributed by atoms with E-state index in [1.807, 2.05) is 26.2 Å². The fraction of sp³-hybridized carbons (Fsp3) is 0.200. The topological polar surface area (TPSA) is 56.7 Å². The number of pyridine rings is 1. The van der Waals surface area contributed by atoms with E-state index in [-0.39, 0.29) is 0 Å². The average molecular weight is 188 g/mol. The molecular formula is C10H12N4. The van der Waals surface area contributed by atoms with Gasteiger partial charge in [-0.3, -0.25) is 9.67 Å². The van der Waals surface area contributed by atoms with Gasteiger partial charge in [-0.25, -0.2) is 0 Å². The highest BCUT2D eigenvalue weighted by molar-refractivity contribution is 5.68. The third-order valence-electron chi connectivity index (χ3n) is 2.24. The van der Waals surface area contributed by atoms with Crippen molar-refractivity contribution in [3.63, 3.8) is 0 Å². The van der Waals surface area contributed by atoms with Gasteiger partial charge in [0.1, 0.15) is 0 Å². The molecule has 0 spiro atoms. The highest BCUT2D eigenvalue weighted by Crippen LogP contribution is 2.23. The second-order valence-electron chi connectivity index (χ2n) is 3.28. The molecule has 2 aromatic rings. The monoisotopic (exact) mass is 188 g/mol. The van der Waals surface area contributed by atoms with Crippen molar-refractivity contribution < 1.29 is 0 Å². The molecule has 2 aromatic heterocycles. The number of nitrogens with two attached hydrogens (primary N) is 1. The maximum Gasteiger partial charge on any atom is 0.0941 e. The number of nitrogens with zero attached hydrogens (tertiary/aromatic N) is 3. The third-order valence-corrected chi connectivity index (χ3v) is 2.24. The Labute approximate surface area is 82.4 Å². The Morgan fingerprint density at radius 3 is 2.79 bits per heavy atom. The molecule has 0 bridgehead atoms. The molecular weight excluding hydrogens is 176 g/mol. The van der Waals surface area contributed by atoms with Crippen molar-refractivity contribution in [2.75, 3.05) is 5.73 Å². The van der Waals surface area contributed by atoms with E-state index in [0.29, 0.717) is 5.69 Å². The fourth-order valence-corrected chi connectivity index (χ4v) is 1.36. The Hall–Kier alpha value is -1.84. The number of hydrogen-bond donors (Lipinski definition) is 1. The maximum atomic E-state index is 5.77. The summed E-state index contributed by atoms with van der Waals surface area (Å²) in [6.07, 6.45) is 5.34. The summed E-state index contributed by atoms with van der Waals surface area (Å²) in [5.41, 5.74) is 9.39. The molecule has 4 nitrogen and oxygen atoms in total. The zero-order valence-electron chi connectivity index (χ0n) is 8.23. The van der Waals surface area contributed by atoms with Crippen molar-refractivity contribution in [2.24, 2.45) is 7.05 Å². The Balaban J connectivity index is 2.57. The summed E-state index contributed by atoms with van der Waals surface area (Å²) in [6.45, 7) is 1.97. The molecule has 2 heterocycles. The molecule has 0 fully saturated rings. The van der Waals surface area contributed by atoms with Crippen molar-refractivity contribution in [3.05, 3.63) is 30.2 Å². The normalized spacial score (nSPS) is 10.4. The van der Waals surface area contributed by atoms with E-state index in [1.165, 1.54) is 0 Å². The SMILES string of the molecule is Cc1c(N)cncc1-c1ccn(C)n1. The van der Waals surface area contributed by atoms with Crippen LogP contribution in [0, 0.1) is 6.92 Å². The minimum absolute atomic E-state index is 0.702. The lowest BCUT2D eigenvalue weighted by molar-refractivity contribution is 0.770. The summed E-state index contributed by atoms with van der Waals surface area (Å²) in [4.78, 5) is 4.06. The van der Waals surface area contributed by atoms with E-state index in [2.05, 4.69) is 10.1 Å². The zero-order chi connectivity index (χ0) is 10.1. The van der Waals surface area contributed by atoms with E-state index in [1.54, 1.807) is 17.1 Å². The Bertz CT molecular complexity index is 459. The Morgan fingerprint density at radius 1 is 1.36 bits per heavy atom. The number of aromatic nitrogens is 3. The van der Waals surface area contributed by atoms with Crippen LogP contribution in [0.15, 0.2) is 24.7 Å². The molecule has 14 heavy (non-hydrogen) atoms. The average Bonchev–Trinajstić information content (AvgIpc) is 2.57. The number of nitrogen functional groups attached to an aromatic ring is 1. The van der Waals surface area contributed by atoms with Crippen LogP contribution < -0.4 is 5.73 Å². The zero-order valence-corrected chi connectivity index (χ0v) is 8.23. The first-order valence-electron chi connectivity index (χ1n) is 4.38. The summed E-state index contributed by atoms with van der Waals surface area (Å²) >= 11 is 0.